The number of amides is 4. The minimum Gasteiger partial charge on any atom is -0.352 e. The van der Waals surface area contributed by atoms with Crippen LogP contribution < -0.4 is 10.6 Å². The summed E-state index contributed by atoms with van der Waals surface area (Å²) in [5, 5.41) is 5.65. The first-order valence-electron chi connectivity index (χ1n) is 10.6. The average molecular weight is 402 g/mol. The number of rotatable bonds is 9. The van der Waals surface area contributed by atoms with Crippen LogP contribution in [0.1, 0.15) is 77.8 Å². The lowest BCUT2D eigenvalue weighted by atomic mass is 9.90. The van der Waals surface area contributed by atoms with Crippen molar-refractivity contribution < 1.29 is 14.4 Å². The molecule has 1 aromatic rings. The van der Waals surface area contributed by atoms with Gasteiger partial charge in [0.15, 0.2) is 0 Å². The zero-order valence-electron chi connectivity index (χ0n) is 18.5. The van der Waals surface area contributed by atoms with E-state index in [0.717, 1.165) is 29.7 Å². The quantitative estimate of drug-likeness (QED) is 0.616. The zero-order chi connectivity index (χ0) is 21.8. The lowest BCUT2D eigenvalue weighted by Crippen LogP contribution is -2.45. The Morgan fingerprint density at radius 3 is 2.24 bits per heavy atom. The Morgan fingerprint density at radius 2 is 1.69 bits per heavy atom. The van der Waals surface area contributed by atoms with Crippen molar-refractivity contribution in [3.8, 4) is 0 Å². The lowest BCUT2D eigenvalue weighted by molar-refractivity contribution is -0.135. The van der Waals surface area contributed by atoms with Crippen LogP contribution in [0.3, 0.4) is 0 Å². The second-order valence-corrected chi connectivity index (χ2v) is 9.02. The van der Waals surface area contributed by atoms with Crippen molar-refractivity contribution in [3.05, 3.63) is 35.4 Å². The Labute approximate surface area is 174 Å². The molecule has 29 heavy (non-hydrogen) atoms. The molecule has 4 amide bonds. The fourth-order valence-electron chi connectivity index (χ4n) is 3.61. The number of hydrogen-bond donors (Lipinski definition) is 2. The van der Waals surface area contributed by atoms with Crippen molar-refractivity contribution in [2.45, 2.75) is 78.3 Å². The van der Waals surface area contributed by atoms with Gasteiger partial charge in [0.1, 0.15) is 12.1 Å². The van der Waals surface area contributed by atoms with Gasteiger partial charge in [-0.2, -0.15) is 0 Å². The van der Waals surface area contributed by atoms with Crippen LogP contribution in [0.2, 0.25) is 0 Å². The predicted octanol–water partition coefficient (Wildman–Crippen LogP) is 3.91. The van der Waals surface area contributed by atoms with Crippen molar-refractivity contribution >= 4 is 17.8 Å². The topological polar surface area (TPSA) is 78.5 Å². The summed E-state index contributed by atoms with van der Waals surface area (Å²) in [4.78, 5) is 38.8. The van der Waals surface area contributed by atoms with Crippen molar-refractivity contribution in [2.24, 2.45) is 5.92 Å². The van der Waals surface area contributed by atoms with Crippen LogP contribution in [0.5, 0.6) is 0 Å². The normalized spacial score (nSPS) is 20.3. The Kier molecular flexibility index (Phi) is 7.44. The van der Waals surface area contributed by atoms with Gasteiger partial charge in [-0.1, -0.05) is 64.8 Å². The van der Waals surface area contributed by atoms with Gasteiger partial charge in [0, 0.05) is 6.04 Å². The summed E-state index contributed by atoms with van der Waals surface area (Å²) in [7, 11) is 0. The molecule has 1 aliphatic rings. The molecule has 0 radical (unpaired) electrons. The van der Waals surface area contributed by atoms with Crippen LogP contribution >= 0.6 is 0 Å². The van der Waals surface area contributed by atoms with Gasteiger partial charge in [0.05, 0.1) is 0 Å². The maximum atomic E-state index is 13.0. The summed E-state index contributed by atoms with van der Waals surface area (Å²) in [6, 6.07) is 7.16. The molecular formula is C23H35N3O3. The van der Waals surface area contributed by atoms with Crippen molar-refractivity contribution in [1.82, 2.24) is 15.5 Å². The van der Waals surface area contributed by atoms with Gasteiger partial charge in [-0.25, -0.2) is 4.79 Å². The van der Waals surface area contributed by atoms with E-state index in [-0.39, 0.29) is 18.5 Å². The number of nitrogens with zero attached hydrogens (tertiary/aromatic N) is 1. The predicted molar refractivity (Wildman–Crippen MR) is 114 cm³/mol. The van der Waals surface area contributed by atoms with Crippen LogP contribution in [0.4, 0.5) is 4.79 Å². The molecule has 0 unspecified atom stereocenters. The molecule has 0 aliphatic carbocycles. The summed E-state index contributed by atoms with van der Waals surface area (Å²) in [5.41, 5.74) is 0.720. The number of urea groups is 1. The van der Waals surface area contributed by atoms with Crippen molar-refractivity contribution in [3.63, 3.8) is 0 Å². The molecule has 1 saturated heterocycles. The second kappa shape index (κ2) is 9.42. The van der Waals surface area contributed by atoms with E-state index in [1.807, 2.05) is 31.2 Å². The molecule has 0 spiro atoms. The van der Waals surface area contributed by atoms with E-state index in [4.69, 9.17) is 0 Å². The highest BCUT2D eigenvalue weighted by Gasteiger charge is 2.49. The Morgan fingerprint density at radius 1 is 1.07 bits per heavy atom. The first-order chi connectivity index (χ1) is 13.5. The summed E-state index contributed by atoms with van der Waals surface area (Å²) >= 11 is 0. The molecule has 1 aromatic carbocycles. The highest BCUT2D eigenvalue weighted by molar-refractivity contribution is 6.09. The van der Waals surface area contributed by atoms with Crippen LogP contribution in [0.25, 0.3) is 0 Å². The van der Waals surface area contributed by atoms with Gasteiger partial charge in [0.2, 0.25) is 5.91 Å². The molecule has 2 rings (SSSR count). The molecule has 0 aromatic heterocycles. The van der Waals surface area contributed by atoms with Gasteiger partial charge in [-0.3, -0.25) is 14.5 Å². The minimum atomic E-state index is -1.16. The number of imide groups is 1. The first-order valence-corrected chi connectivity index (χ1v) is 10.6. The molecule has 160 valence electrons. The molecule has 0 saturated carbocycles. The molecule has 0 bridgehead atoms. The Hall–Kier alpha value is -2.37. The fourth-order valence-corrected chi connectivity index (χ4v) is 3.61. The van der Waals surface area contributed by atoms with E-state index in [2.05, 4.69) is 38.3 Å². The molecule has 1 fully saturated rings. The van der Waals surface area contributed by atoms with E-state index in [1.54, 1.807) is 6.92 Å². The van der Waals surface area contributed by atoms with Crippen LogP contribution in [-0.4, -0.2) is 35.3 Å². The summed E-state index contributed by atoms with van der Waals surface area (Å²) in [5.74, 6) is 0.303. The van der Waals surface area contributed by atoms with Crippen LogP contribution in [0, 0.1) is 5.92 Å². The number of nitrogens with one attached hydrogen (secondary N) is 2. The molecule has 1 heterocycles. The Balaban J connectivity index is 1.99. The van der Waals surface area contributed by atoms with E-state index in [0.29, 0.717) is 17.4 Å². The largest absolute Gasteiger partial charge is 0.352 e. The maximum absolute atomic E-state index is 13.0. The van der Waals surface area contributed by atoms with Crippen LogP contribution in [0.15, 0.2) is 24.3 Å². The van der Waals surface area contributed by atoms with Crippen LogP contribution in [-0.2, 0) is 15.1 Å². The maximum Gasteiger partial charge on any atom is 0.325 e. The van der Waals surface area contributed by atoms with Gasteiger partial charge in [-0.15, -0.1) is 0 Å². The molecule has 6 heteroatoms. The van der Waals surface area contributed by atoms with Crippen molar-refractivity contribution in [1.29, 1.82) is 0 Å². The average Bonchev–Trinajstić information content (AvgIpc) is 2.85. The minimum absolute atomic E-state index is 0.0111. The van der Waals surface area contributed by atoms with Gasteiger partial charge in [-0.05, 0) is 43.2 Å². The van der Waals surface area contributed by atoms with Crippen molar-refractivity contribution in [2.75, 3.05) is 6.54 Å². The third-order valence-corrected chi connectivity index (χ3v) is 5.56. The summed E-state index contributed by atoms with van der Waals surface area (Å²) in [6.07, 6.45) is 3.03. The molecule has 2 atom stereocenters. The van der Waals surface area contributed by atoms with E-state index < -0.39 is 17.5 Å². The lowest BCUT2D eigenvalue weighted by Gasteiger charge is -2.23. The van der Waals surface area contributed by atoms with E-state index in [9.17, 15) is 14.4 Å². The summed E-state index contributed by atoms with van der Waals surface area (Å²) in [6.45, 7) is 11.9. The van der Waals surface area contributed by atoms with E-state index >= 15 is 0 Å². The molecular weight excluding hydrogens is 366 g/mol. The summed E-state index contributed by atoms with van der Waals surface area (Å²) < 4.78 is 0. The van der Waals surface area contributed by atoms with Gasteiger partial charge < -0.3 is 10.6 Å². The number of benzene rings is 1. The second-order valence-electron chi connectivity index (χ2n) is 9.02. The number of carbonyl (C=O) groups excluding carboxylic acids is 3. The highest BCUT2D eigenvalue weighted by atomic mass is 16.2. The first kappa shape index (κ1) is 22.9. The molecule has 6 nitrogen and oxygen atoms in total. The third kappa shape index (κ3) is 5.58. The smallest absolute Gasteiger partial charge is 0.325 e. The van der Waals surface area contributed by atoms with Gasteiger partial charge >= 0.3 is 6.03 Å². The van der Waals surface area contributed by atoms with Gasteiger partial charge in [0.25, 0.3) is 5.91 Å². The van der Waals surface area contributed by atoms with E-state index in [1.165, 1.54) is 0 Å². The monoisotopic (exact) mass is 401 g/mol. The molecule has 2 N–H and O–H groups in total. The Bertz CT molecular complexity index is 742. The SMILES string of the molecule is CC(C)CCC[C@@H](C)NC(=O)CN1C(=O)N[C@@](C)(c2ccc(C(C)C)cc2)C1=O. The highest BCUT2D eigenvalue weighted by Crippen LogP contribution is 2.29. The standard InChI is InChI=1S/C23H35N3O3/c1-15(2)8-7-9-17(5)24-20(27)14-26-21(28)23(6,25-22(26)29)19-12-10-18(11-13-19)16(3)4/h10-13,15-17H,7-9,14H2,1-6H3,(H,24,27)(H,25,29)/t17-,23+/m1/s1. The number of hydrogen-bond acceptors (Lipinski definition) is 3. The number of carbonyl (C=O) groups is 3. The zero-order valence-corrected chi connectivity index (χ0v) is 18.5. The molecule has 1 aliphatic heterocycles. The third-order valence-electron chi connectivity index (χ3n) is 5.56. The fraction of sp³-hybridized carbons (Fsp3) is 0.609.